The van der Waals surface area contributed by atoms with Crippen molar-refractivity contribution in [3.63, 3.8) is 0 Å². The number of nitrogens with zero attached hydrogens (tertiary/aromatic N) is 3. The molecule has 0 aromatic heterocycles. The van der Waals surface area contributed by atoms with Crippen LogP contribution in [0.2, 0.25) is 10.0 Å². The van der Waals surface area contributed by atoms with Crippen molar-refractivity contribution in [2.45, 2.75) is 13.0 Å². The summed E-state index contributed by atoms with van der Waals surface area (Å²) in [5, 5.41) is 14.0. The average Bonchev–Trinajstić information content (AvgIpc) is 3.48. The third-order valence-corrected chi connectivity index (χ3v) is 7.31. The van der Waals surface area contributed by atoms with Crippen LogP contribution in [-0.4, -0.2) is 32.7 Å². The summed E-state index contributed by atoms with van der Waals surface area (Å²) in [6.45, 7) is -0.193. The summed E-state index contributed by atoms with van der Waals surface area (Å²) in [7, 11) is 0. The van der Waals surface area contributed by atoms with Gasteiger partial charge in [-0.3, -0.25) is 24.5 Å². The summed E-state index contributed by atoms with van der Waals surface area (Å²) < 4.78 is 0. The summed E-state index contributed by atoms with van der Waals surface area (Å²) in [4.78, 5) is 51.3. The van der Waals surface area contributed by atoms with Crippen LogP contribution in [0.1, 0.15) is 22.3 Å². The lowest BCUT2D eigenvalue weighted by Crippen LogP contribution is -2.50. The van der Waals surface area contributed by atoms with Gasteiger partial charge in [0.25, 0.3) is 23.4 Å². The van der Waals surface area contributed by atoms with E-state index >= 15 is 0 Å². The van der Waals surface area contributed by atoms with Gasteiger partial charge in [-0.15, -0.1) is 0 Å². The van der Waals surface area contributed by atoms with Crippen LogP contribution in [-0.2, 0) is 16.1 Å². The number of carbonyl (C=O) groups excluding carboxylic acids is 3. The molecule has 5 rings (SSSR count). The van der Waals surface area contributed by atoms with E-state index < -0.39 is 40.2 Å². The normalized spacial score (nSPS) is 25.0. The smallest absolute Gasteiger partial charge is 0.272 e. The molecule has 2 bridgehead atoms. The van der Waals surface area contributed by atoms with E-state index in [9.17, 15) is 24.5 Å². The summed E-state index contributed by atoms with van der Waals surface area (Å²) in [5.74, 6) is -2.90. The zero-order valence-corrected chi connectivity index (χ0v) is 18.6. The minimum absolute atomic E-state index is 0.0468. The number of para-hydroxylation sites is 1. The third kappa shape index (κ3) is 3.41. The maximum Gasteiger partial charge on any atom is 0.282 e. The molecule has 1 saturated carbocycles. The number of halogens is 2. The van der Waals surface area contributed by atoms with Gasteiger partial charge in [-0.2, -0.15) is 5.01 Å². The molecule has 4 atom stereocenters. The number of rotatable bonds is 5. The second-order valence-corrected chi connectivity index (χ2v) is 9.19. The van der Waals surface area contributed by atoms with E-state index in [4.69, 9.17) is 23.2 Å². The van der Waals surface area contributed by atoms with Crippen molar-refractivity contribution in [3.05, 3.63) is 85.9 Å². The van der Waals surface area contributed by atoms with Gasteiger partial charge in [0.2, 0.25) is 0 Å². The number of hydrogen-bond donors (Lipinski definition) is 0. The van der Waals surface area contributed by atoms with Gasteiger partial charge in [0.1, 0.15) is 5.56 Å². The summed E-state index contributed by atoms with van der Waals surface area (Å²) in [5.41, 5.74) is -0.126. The Hall–Kier alpha value is -3.23. The molecule has 2 aromatic carbocycles. The molecule has 2 fully saturated rings. The summed E-state index contributed by atoms with van der Waals surface area (Å²) in [6.07, 6.45) is 4.65. The maximum atomic E-state index is 13.6. The first-order valence-corrected chi connectivity index (χ1v) is 11.1. The highest BCUT2D eigenvalue weighted by molar-refractivity contribution is 6.42. The lowest BCUT2D eigenvalue weighted by molar-refractivity contribution is -0.385. The minimum Gasteiger partial charge on any atom is -0.272 e. The van der Waals surface area contributed by atoms with Crippen LogP contribution in [0.4, 0.5) is 5.69 Å². The van der Waals surface area contributed by atoms with Gasteiger partial charge >= 0.3 is 0 Å². The van der Waals surface area contributed by atoms with Crippen molar-refractivity contribution < 1.29 is 19.3 Å². The molecule has 33 heavy (non-hydrogen) atoms. The fraction of sp³-hybridized carbons (Fsp3) is 0.261. The quantitative estimate of drug-likeness (QED) is 0.272. The molecular formula is C23H17Cl2N3O5. The second kappa shape index (κ2) is 7.97. The number of benzene rings is 2. The first-order chi connectivity index (χ1) is 15.8. The standard InChI is InChI=1S/C23H17Cl2N3O5/c24-16-8-5-12(9-17(16)25)11-26(21(29)15-3-1-2-4-18(15)28(32)33)27-22(30)19-13-6-7-14(10-13)20(19)23(27)31/h1-9,13-14,19-20H,10-11H2/t13-,14-,19+,20+/m0/s1. The molecule has 1 saturated heterocycles. The van der Waals surface area contributed by atoms with Gasteiger partial charge < -0.3 is 0 Å². The molecular weight excluding hydrogens is 469 g/mol. The van der Waals surface area contributed by atoms with Crippen LogP contribution in [0.25, 0.3) is 0 Å². The lowest BCUT2D eigenvalue weighted by atomic mass is 9.85. The predicted molar refractivity (Wildman–Crippen MR) is 119 cm³/mol. The number of amides is 3. The van der Waals surface area contributed by atoms with E-state index in [-0.39, 0.29) is 29.0 Å². The molecule has 0 spiro atoms. The lowest BCUT2D eigenvalue weighted by Gasteiger charge is -2.31. The minimum atomic E-state index is -0.824. The molecule has 10 heteroatoms. The highest BCUT2D eigenvalue weighted by Crippen LogP contribution is 2.53. The number of fused-ring (bicyclic) bond motifs is 5. The second-order valence-electron chi connectivity index (χ2n) is 8.37. The molecule has 0 N–H and O–H groups in total. The van der Waals surface area contributed by atoms with E-state index in [1.54, 1.807) is 12.1 Å². The molecule has 0 unspecified atom stereocenters. The predicted octanol–water partition coefficient (Wildman–Crippen LogP) is 4.27. The Labute approximate surface area is 198 Å². The van der Waals surface area contributed by atoms with Crippen LogP contribution in [0.5, 0.6) is 0 Å². The van der Waals surface area contributed by atoms with Crippen molar-refractivity contribution in [2.75, 3.05) is 0 Å². The Morgan fingerprint density at radius 2 is 1.67 bits per heavy atom. The highest BCUT2D eigenvalue weighted by atomic mass is 35.5. The molecule has 3 aliphatic rings. The van der Waals surface area contributed by atoms with Crippen LogP contribution in [0, 0.1) is 33.8 Å². The number of carbonyl (C=O) groups is 3. The van der Waals surface area contributed by atoms with Crippen molar-refractivity contribution in [1.29, 1.82) is 0 Å². The number of nitro groups is 1. The van der Waals surface area contributed by atoms with E-state index in [0.29, 0.717) is 10.6 Å². The Balaban J connectivity index is 1.57. The summed E-state index contributed by atoms with van der Waals surface area (Å²) >= 11 is 12.1. The Morgan fingerprint density at radius 1 is 1.03 bits per heavy atom. The molecule has 1 heterocycles. The molecule has 0 radical (unpaired) electrons. The Kier molecular flexibility index (Phi) is 5.22. The fourth-order valence-electron chi connectivity index (χ4n) is 5.12. The fourth-order valence-corrected chi connectivity index (χ4v) is 5.44. The largest absolute Gasteiger partial charge is 0.282 e. The van der Waals surface area contributed by atoms with E-state index in [0.717, 1.165) is 16.4 Å². The van der Waals surface area contributed by atoms with Crippen LogP contribution < -0.4 is 0 Å². The van der Waals surface area contributed by atoms with Gasteiger partial charge in [0.15, 0.2) is 0 Å². The van der Waals surface area contributed by atoms with Gasteiger partial charge in [-0.25, -0.2) is 5.01 Å². The van der Waals surface area contributed by atoms with E-state index in [1.807, 2.05) is 12.2 Å². The van der Waals surface area contributed by atoms with E-state index in [2.05, 4.69) is 0 Å². The van der Waals surface area contributed by atoms with Crippen LogP contribution in [0.15, 0.2) is 54.6 Å². The first-order valence-electron chi connectivity index (χ1n) is 10.3. The third-order valence-electron chi connectivity index (χ3n) is 6.57. The Bertz CT molecular complexity index is 1220. The van der Waals surface area contributed by atoms with Crippen molar-refractivity contribution >= 4 is 46.6 Å². The Morgan fingerprint density at radius 3 is 2.27 bits per heavy atom. The first kappa shape index (κ1) is 21.6. The summed E-state index contributed by atoms with van der Waals surface area (Å²) in [6, 6.07) is 10.1. The van der Waals surface area contributed by atoms with Crippen LogP contribution in [0.3, 0.4) is 0 Å². The number of hydrazine groups is 1. The highest BCUT2D eigenvalue weighted by Gasteiger charge is 2.61. The molecule has 1 aliphatic heterocycles. The van der Waals surface area contributed by atoms with Gasteiger partial charge in [-0.05, 0) is 42.0 Å². The molecule has 8 nitrogen and oxygen atoms in total. The van der Waals surface area contributed by atoms with Gasteiger partial charge in [0.05, 0.1) is 33.3 Å². The maximum absolute atomic E-state index is 13.6. The topological polar surface area (TPSA) is 101 Å². The van der Waals surface area contributed by atoms with Gasteiger partial charge in [-0.1, -0.05) is 53.6 Å². The number of allylic oxidation sites excluding steroid dienone is 2. The number of nitro benzene ring substituents is 1. The number of hydrogen-bond acceptors (Lipinski definition) is 5. The van der Waals surface area contributed by atoms with Crippen molar-refractivity contribution in [3.8, 4) is 0 Å². The zero-order valence-electron chi connectivity index (χ0n) is 17.1. The molecule has 168 valence electrons. The van der Waals surface area contributed by atoms with Crippen molar-refractivity contribution in [2.24, 2.45) is 23.7 Å². The zero-order chi connectivity index (χ0) is 23.4. The van der Waals surface area contributed by atoms with E-state index in [1.165, 1.54) is 30.3 Å². The average molecular weight is 486 g/mol. The molecule has 3 amide bonds. The molecule has 2 aromatic rings. The van der Waals surface area contributed by atoms with Crippen LogP contribution >= 0.6 is 23.2 Å². The monoisotopic (exact) mass is 485 g/mol. The van der Waals surface area contributed by atoms with Crippen molar-refractivity contribution in [1.82, 2.24) is 10.0 Å². The van der Waals surface area contributed by atoms with Gasteiger partial charge in [0, 0.05) is 6.07 Å². The SMILES string of the molecule is O=C(c1ccccc1[N+](=O)[O-])N(Cc1ccc(Cl)c(Cl)c1)N1C(=O)[C@H]2[C@H](C1=O)[C@H]1C=C[C@H]2C1. The molecule has 2 aliphatic carbocycles. The number of imide groups is 1.